The first-order valence-electron chi connectivity index (χ1n) is 13.8. The van der Waals surface area contributed by atoms with Crippen LogP contribution in [-0.2, 0) is 16.0 Å². The fourth-order valence-electron chi connectivity index (χ4n) is 3.68. The van der Waals surface area contributed by atoms with Crippen molar-refractivity contribution in [3.05, 3.63) is 29.5 Å². The average Bonchev–Trinajstić information content (AvgIpc) is 3.14. The molecule has 2 amide bonds. The molecule has 0 spiro atoms. The second-order valence-corrected chi connectivity index (χ2v) is 8.72. The number of aromatic nitrogens is 2. The number of piperidine rings is 1. The summed E-state index contributed by atoms with van der Waals surface area (Å²) < 4.78 is 63.8. The van der Waals surface area contributed by atoms with E-state index in [-0.39, 0.29) is 11.7 Å². The van der Waals surface area contributed by atoms with Gasteiger partial charge in [-0.25, -0.2) is 4.79 Å². The van der Waals surface area contributed by atoms with Crippen molar-refractivity contribution < 1.29 is 28.7 Å². The number of carbonyl (C=O) groups excluding carboxylic acids is 2. The Bertz CT molecular complexity index is 1180. The Hall–Kier alpha value is -2.61. The first kappa shape index (κ1) is 15.2. The SMILES string of the molecule is [2H]C([2H])([2H])OC([2H])([2H])C([2H])([2H])NC(=O)c1ccc2nn(CC3CCN(C(=O)OC(C)(C)C)CC3)cc2c1C. The van der Waals surface area contributed by atoms with Crippen molar-refractivity contribution in [3.63, 3.8) is 0 Å². The number of benzene rings is 1. The Morgan fingerprint density at radius 2 is 2.06 bits per heavy atom. The summed E-state index contributed by atoms with van der Waals surface area (Å²) in [5.41, 5.74) is 0.695. The number of aryl methyl sites for hydroxylation is 1. The van der Waals surface area contributed by atoms with Gasteiger partial charge in [0.25, 0.3) is 5.91 Å². The highest BCUT2D eigenvalue weighted by molar-refractivity contribution is 6.00. The van der Waals surface area contributed by atoms with Crippen molar-refractivity contribution in [3.8, 4) is 0 Å². The van der Waals surface area contributed by atoms with Gasteiger partial charge in [0.1, 0.15) is 5.60 Å². The van der Waals surface area contributed by atoms with E-state index >= 15 is 0 Å². The summed E-state index contributed by atoms with van der Waals surface area (Å²) >= 11 is 0. The number of nitrogens with zero attached hydrogens (tertiary/aromatic N) is 3. The third-order valence-corrected chi connectivity index (χ3v) is 5.24. The smallest absolute Gasteiger partial charge is 0.410 e. The van der Waals surface area contributed by atoms with Crippen molar-refractivity contribution in [2.75, 3.05) is 33.2 Å². The zero-order valence-electron chi connectivity index (χ0n) is 25.3. The van der Waals surface area contributed by atoms with Crippen LogP contribution in [0, 0.1) is 12.8 Å². The van der Waals surface area contributed by atoms with Crippen LogP contribution in [0.25, 0.3) is 10.9 Å². The zero-order chi connectivity index (χ0) is 28.7. The molecule has 8 heteroatoms. The third kappa shape index (κ3) is 5.97. The minimum Gasteiger partial charge on any atom is -0.444 e. The molecule has 170 valence electrons. The molecule has 31 heavy (non-hydrogen) atoms. The van der Waals surface area contributed by atoms with Crippen LogP contribution in [-0.4, -0.2) is 65.5 Å². The molecule has 1 fully saturated rings. The van der Waals surface area contributed by atoms with Gasteiger partial charge in [-0.15, -0.1) is 0 Å². The van der Waals surface area contributed by atoms with Gasteiger partial charge in [-0.05, 0) is 64.2 Å². The van der Waals surface area contributed by atoms with Crippen molar-refractivity contribution in [2.45, 2.75) is 52.7 Å². The summed E-state index contributed by atoms with van der Waals surface area (Å²) in [6, 6.07) is 3.07. The minimum absolute atomic E-state index is 0.0938. The maximum absolute atomic E-state index is 12.8. The molecule has 1 N–H and O–H groups in total. The highest BCUT2D eigenvalue weighted by Crippen LogP contribution is 2.24. The molecule has 1 aliphatic rings. The third-order valence-electron chi connectivity index (χ3n) is 5.24. The Morgan fingerprint density at radius 1 is 1.32 bits per heavy atom. The lowest BCUT2D eigenvalue weighted by atomic mass is 9.97. The number of ether oxygens (including phenoxy) is 2. The average molecular weight is 438 g/mol. The Balaban J connectivity index is 1.68. The molecule has 0 bridgehead atoms. The van der Waals surface area contributed by atoms with Gasteiger partial charge in [-0.3, -0.25) is 9.48 Å². The van der Waals surface area contributed by atoms with Crippen LogP contribution in [0.1, 0.15) is 59.1 Å². The molecule has 0 atom stereocenters. The second-order valence-electron chi connectivity index (χ2n) is 8.72. The number of methoxy groups -OCH3 is 1. The van der Waals surface area contributed by atoms with Crippen LogP contribution >= 0.6 is 0 Å². The lowest BCUT2D eigenvalue weighted by Gasteiger charge is -2.33. The summed E-state index contributed by atoms with van der Waals surface area (Å²) in [7, 11) is -3.20. The number of carbonyl (C=O) groups is 2. The van der Waals surface area contributed by atoms with E-state index in [0.29, 0.717) is 42.0 Å². The molecule has 1 aromatic heterocycles. The van der Waals surface area contributed by atoms with Gasteiger partial charge in [0, 0.05) is 50.3 Å². The molecule has 0 saturated carbocycles. The van der Waals surface area contributed by atoms with E-state index in [1.807, 2.05) is 26.1 Å². The molecule has 1 aliphatic heterocycles. The van der Waals surface area contributed by atoms with Gasteiger partial charge < -0.3 is 19.7 Å². The van der Waals surface area contributed by atoms with Crippen molar-refractivity contribution in [2.24, 2.45) is 5.92 Å². The first-order valence-corrected chi connectivity index (χ1v) is 10.3. The second kappa shape index (κ2) is 9.68. The maximum atomic E-state index is 12.8. The summed E-state index contributed by atoms with van der Waals surface area (Å²) in [5, 5.41) is 7.18. The molecule has 2 aromatic rings. The largest absolute Gasteiger partial charge is 0.444 e. The monoisotopic (exact) mass is 437 g/mol. The quantitative estimate of drug-likeness (QED) is 0.749. The number of likely N-dealkylation sites (tertiary alicyclic amines) is 1. The highest BCUT2D eigenvalue weighted by atomic mass is 16.6. The van der Waals surface area contributed by atoms with E-state index in [2.05, 4.69) is 9.84 Å². The predicted molar refractivity (Wildman–Crippen MR) is 119 cm³/mol. The fraction of sp³-hybridized carbons (Fsp3) is 0.609. The van der Waals surface area contributed by atoms with Crippen molar-refractivity contribution >= 4 is 22.9 Å². The molecule has 8 nitrogen and oxygen atoms in total. The molecule has 1 aromatic carbocycles. The van der Waals surface area contributed by atoms with E-state index in [1.165, 1.54) is 6.07 Å². The number of rotatable bonds is 6. The number of nitrogens with one attached hydrogen (secondary N) is 1. The molecular weight excluding hydrogens is 396 g/mol. The van der Waals surface area contributed by atoms with Gasteiger partial charge >= 0.3 is 6.09 Å². The van der Waals surface area contributed by atoms with E-state index in [0.717, 1.165) is 12.8 Å². The molecule has 3 rings (SSSR count). The molecule has 0 aliphatic carbocycles. The number of amides is 2. The van der Waals surface area contributed by atoms with E-state index in [4.69, 9.17) is 14.3 Å². The molecular formula is C23H34N4O4. The maximum Gasteiger partial charge on any atom is 0.410 e. The standard InChI is InChI=1S/C23H34N4O4/c1-16-18(21(28)24-10-13-30-5)6-7-20-19(16)15-27(25-20)14-17-8-11-26(12-9-17)22(29)31-23(2,3)4/h6-7,15,17H,8-14H2,1-5H3,(H,24,28)/i5D3,10D2,13D2. The lowest BCUT2D eigenvalue weighted by molar-refractivity contribution is 0.0177. The van der Waals surface area contributed by atoms with Crippen LogP contribution < -0.4 is 5.32 Å². The molecule has 0 unspecified atom stereocenters. The van der Waals surface area contributed by atoms with Gasteiger partial charge in [0.05, 0.1) is 21.7 Å². The molecule has 0 radical (unpaired) electrons. The number of hydrogen-bond acceptors (Lipinski definition) is 5. The minimum atomic E-state index is -3.31. The van der Waals surface area contributed by atoms with Crippen LogP contribution in [0.2, 0.25) is 0 Å². The summed E-state index contributed by atoms with van der Waals surface area (Å²) in [4.78, 5) is 26.9. The topological polar surface area (TPSA) is 85.7 Å². The Labute approximate surface area is 193 Å². The predicted octanol–water partition coefficient (Wildman–Crippen LogP) is 3.37. The van der Waals surface area contributed by atoms with E-state index in [1.54, 1.807) is 28.8 Å². The first-order chi connectivity index (χ1) is 17.3. The van der Waals surface area contributed by atoms with Crippen LogP contribution in [0.4, 0.5) is 4.79 Å². The Morgan fingerprint density at radius 3 is 2.74 bits per heavy atom. The van der Waals surface area contributed by atoms with Gasteiger partial charge in [0.15, 0.2) is 0 Å². The van der Waals surface area contributed by atoms with Crippen LogP contribution in [0.3, 0.4) is 0 Å². The van der Waals surface area contributed by atoms with E-state index in [9.17, 15) is 9.59 Å². The molecule has 2 heterocycles. The van der Waals surface area contributed by atoms with Gasteiger partial charge in [0.2, 0.25) is 0 Å². The number of hydrogen-bond donors (Lipinski definition) is 1. The van der Waals surface area contributed by atoms with E-state index < -0.39 is 31.6 Å². The van der Waals surface area contributed by atoms with Crippen LogP contribution in [0.15, 0.2) is 18.3 Å². The summed E-state index contributed by atoms with van der Waals surface area (Å²) in [6.45, 7) is 2.53. The van der Waals surface area contributed by atoms with Crippen molar-refractivity contribution in [1.82, 2.24) is 20.0 Å². The normalized spacial score (nSPS) is 20.0. The van der Waals surface area contributed by atoms with Crippen molar-refractivity contribution in [1.29, 1.82) is 0 Å². The summed E-state index contributed by atoms with van der Waals surface area (Å²) in [5.74, 6) is -0.631. The fourth-order valence-corrected chi connectivity index (χ4v) is 3.68. The Kier molecular flexibility index (Phi) is 4.76. The zero-order valence-corrected chi connectivity index (χ0v) is 18.3. The molecule has 1 saturated heterocycles. The van der Waals surface area contributed by atoms with Gasteiger partial charge in [-0.2, -0.15) is 5.10 Å². The van der Waals surface area contributed by atoms with Crippen LogP contribution in [0.5, 0.6) is 0 Å². The van der Waals surface area contributed by atoms with Gasteiger partial charge in [-0.1, -0.05) is 0 Å². The number of fused-ring (bicyclic) bond motifs is 1. The lowest BCUT2D eigenvalue weighted by Crippen LogP contribution is -2.42. The summed E-state index contributed by atoms with van der Waals surface area (Å²) in [6.07, 6.45) is 3.06. The highest BCUT2D eigenvalue weighted by Gasteiger charge is 2.27.